The SMILES string of the molecule is CC(C)S(=O)(=O)CCOc1c(N)cc(C#N)cc1I. The van der Waals surface area contributed by atoms with Crippen molar-refractivity contribution in [1.82, 2.24) is 0 Å². The van der Waals surface area contributed by atoms with Crippen LogP contribution in [0.25, 0.3) is 0 Å². The van der Waals surface area contributed by atoms with E-state index in [0.29, 0.717) is 20.6 Å². The normalized spacial score (nSPS) is 11.3. The van der Waals surface area contributed by atoms with E-state index in [-0.39, 0.29) is 12.4 Å². The predicted molar refractivity (Wildman–Crippen MR) is 82.7 cm³/mol. The van der Waals surface area contributed by atoms with E-state index in [1.165, 1.54) is 6.07 Å². The molecule has 0 aliphatic heterocycles. The molecule has 0 fully saturated rings. The minimum Gasteiger partial charge on any atom is -0.489 e. The average molecular weight is 394 g/mol. The Morgan fingerprint density at radius 1 is 1.47 bits per heavy atom. The van der Waals surface area contributed by atoms with Crippen LogP contribution in [-0.4, -0.2) is 26.0 Å². The molecule has 0 saturated carbocycles. The summed E-state index contributed by atoms with van der Waals surface area (Å²) in [6.07, 6.45) is 0. The van der Waals surface area contributed by atoms with Gasteiger partial charge in [0, 0.05) is 0 Å². The molecule has 0 radical (unpaired) electrons. The Bertz CT molecular complexity index is 583. The van der Waals surface area contributed by atoms with Gasteiger partial charge in [-0.05, 0) is 48.6 Å². The number of sulfone groups is 1. The molecule has 0 aliphatic carbocycles. The second kappa shape index (κ2) is 6.43. The highest BCUT2D eigenvalue weighted by Crippen LogP contribution is 2.29. The Hall–Kier alpha value is -1.01. The predicted octanol–water partition coefficient (Wildman–Crippen LogP) is 1.95. The zero-order valence-electron chi connectivity index (χ0n) is 10.7. The maximum atomic E-state index is 11.6. The van der Waals surface area contributed by atoms with Crippen molar-refractivity contribution >= 4 is 38.1 Å². The van der Waals surface area contributed by atoms with Crippen LogP contribution in [0.4, 0.5) is 5.69 Å². The third-order valence-corrected chi connectivity index (χ3v) is 5.51. The maximum Gasteiger partial charge on any atom is 0.155 e. The first-order valence-electron chi connectivity index (χ1n) is 5.61. The summed E-state index contributed by atoms with van der Waals surface area (Å²) < 4.78 is 29.4. The van der Waals surface area contributed by atoms with Crippen LogP contribution in [0.3, 0.4) is 0 Å². The first-order chi connectivity index (χ1) is 8.77. The van der Waals surface area contributed by atoms with Crippen molar-refractivity contribution in [1.29, 1.82) is 5.26 Å². The molecule has 7 heteroatoms. The number of hydrogen-bond acceptors (Lipinski definition) is 5. The lowest BCUT2D eigenvalue weighted by Gasteiger charge is -2.12. The first kappa shape index (κ1) is 16.0. The molecular formula is C12H15IN2O3S. The highest BCUT2D eigenvalue weighted by Gasteiger charge is 2.17. The van der Waals surface area contributed by atoms with E-state index >= 15 is 0 Å². The second-order valence-electron chi connectivity index (χ2n) is 4.25. The smallest absolute Gasteiger partial charge is 0.155 e. The minimum atomic E-state index is -3.13. The van der Waals surface area contributed by atoms with Crippen molar-refractivity contribution in [2.45, 2.75) is 19.1 Å². The monoisotopic (exact) mass is 394 g/mol. The molecule has 0 amide bonds. The largest absolute Gasteiger partial charge is 0.489 e. The number of nitrogen functional groups attached to an aromatic ring is 1. The van der Waals surface area contributed by atoms with Gasteiger partial charge >= 0.3 is 0 Å². The number of rotatable bonds is 5. The number of benzene rings is 1. The Labute approximate surface area is 126 Å². The van der Waals surface area contributed by atoms with Crippen molar-refractivity contribution in [3.63, 3.8) is 0 Å². The number of halogens is 1. The van der Waals surface area contributed by atoms with Crippen molar-refractivity contribution in [2.24, 2.45) is 0 Å². The van der Waals surface area contributed by atoms with Crippen LogP contribution < -0.4 is 10.5 Å². The number of nitrogens with zero attached hydrogens (tertiary/aromatic N) is 1. The fraction of sp³-hybridized carbons (Fsp3) is 0.417. The third kappa shape index (κ3) is 4.24. The van der Waals surface area contributed by atoms with Gasteiger partial charge in [-0.25, -0.2) is 8.42 Å². The summed E-state index contributed by atoms with van der Waals surface area (Å²) in [4.78, 5) is 0. The molecule has 0 spiro atoms. The van der Waals surface area contributed by atoms with E-state index in [2.05, 4.69) is 0 Å². The molecule has 19 heavy (non-hydrogen) atoms. The van der Waals surface area contributed by atoms with E-state index in [0.717, 1.165) is 0 Å². The number of hydrogen-bond donors (Lipinski definition) is 1. The van der Waals surface area contributed by atoms with Crippen LogP contribution in [0.5, 0.6) is 5.75 Å². The number of nitrogens with two attached hydrogens (primary N) is 1. The van der Waals surface area contributed by atoms with Gasteiger partial charge in [0.15, 0.2) is 15.6 Å². The lowest BCUT2D eigenvalue weighted by Crippen LogP contribution is -2.22. The highest BCUT2D eigenvalue weighted by atomic mass is 127. The number of ether oxygens (including phenoxy) is 1. The highest BCUT2D eigenvalue weighted by molar-refractivity contribution is 14.1. The van der Waals surface area contributed by atoms with Crippen molar-refractivity contribution in [3.8, 4) is 11.8 Å². The number of anilines is 1. The molecule has 0 atom stereocenters. The lowest BCUT2D eigenvalue weighted by molar-refractivity contribution is 0.340. The zero-order chi connectivity index (χ0) is 14.6. The molecule has 104 valence electrons. The van der Waals surface area contributed by atoms with Gasteiger partial charge in [-0.2, -0.15) is 5.26 Å². The molecule has 1 rings (SSSR count). The molecule has 1 aromatic carbocycles. The molecule has 0 saturated heterocycles. The fourth-order valence-electron chi connectivity index (χ4n) is 1.33. The summed E-state index contributed by atoms with van der Waals surface area (Å²) >= 11 is 2.00. The summed E-state index contributed by atoms with van der Waals surface area (Å²) in [5, 5.41) is 8.37. The molecule has 0 bridgehead atoms. The molecule has 0 unspecified atom stereocenters. The van der Waals surface area contributed by atoms with Gasteiger partial charge in [0.1, 0.15) is 6.61 Å². The van der Waals surface area contributed by atoms with Gasteiger partial charge < -0.3 is 10.5 Å². The summed E-state index contributed by atoms with van der Waals surface area (Å²) in [6, 6.07) is 5.15. The van der Waals surface area contributed by atoms with Crippen molar-refractivity contribution in [2.75, 3.05) is 18.1 Å². The third-order valence-electron chi connectivity index (χ3n) is 2.53. The Morgan fingerprint density at radius 2 is 2.11 bits per heavy atom. The number of nitriles is 1. The van der Waals surface area contributed by atoms with Crippen LogP contribution in [-0.2, 0) is 9.84 Å². The molecule has 5 nitrogen and oxygen atoms in total. The fourth-order valence-corrected chi connectivity index (χ4v) is 2.92. The molecular weight excluding hydrogens is 379 g/mol. The summed E-state index contributed by atoms with van der Waals surface area (Å²) in [7, 11) is -3.13. The molecule has 0 aliphatic rings. The Balaban J connectivity index is 2.78. The summed E-state index contributed by atoms with van der Waals surface area (Å²) in [6.45, 7) is 3.32. The van der Waals surface area contributed by atoms with Gasteiger partial charge in [0.2, 0.25) is 0 Å². The van der Waals surface area contributed by atoms with E-state index < -0.39 is 15.1 Å². The molecule has 2 N–H and O–H groups in total. The van der Waals surface area contributed by atoms with Gasteiger partial charge in [0.05, 0.1) is 31.9 Å². The van der Waals surface area contributed by atoms with Gasteiger partial charge in [0.25, 0.3) is 0 Å². The van der Waals surface area contributed by atoms with Crippen LogP contribution >= 0.6 is 22.6 Å². The molecule has 1 aromatic rings. The molecule has 0 heterocycles. The summed E-state index contributed by atoms with van der Waals surface area (Å²) in [5.74, 6) is 0.374. The van der Waals surface area contributed by atoms with Crippen molar-refractivity contribution in [3.05, 3.63) is 21.3 Å². The van der Waals surface area contributed by atoms with E-state index in [9.17, 15) is 8.42 Å². The first-order valence-corrected chi connectivity index (χ1v) is 8.41. The second-order valence-corrected chi connectivity index (χ2v) is 8.09. The maximum absolute atomic E-state index is 11.6. The van der Waals surface area contributed by atoms with Crippen LogP contribution in [0.1, 0.15) is 19.4 Å². The quantitative estimate of drug-likeness (QED) is 0.609. The van der Waals surface area contributed by atoms with Crippen LogP contribution in [0, 0.1) is 14.9 Å². The Morgan fingerprint density at radius 3 is 2.58 bits per heavy atom. The van der Waals surface area contributed by atoms with Gasteiger partial charge in [-0.3, -0.25) is 0 Å². The van der Waals surface area contributed by atoms with Crippen LogP contribution in [0.15, 0.2) is 12.1 Å². The lowest BCUT2D eigenvalue weighted by atomic mass is 10.2. The Kier molecular flexibility index (Phi) is 5.43. The minimum absolute atomic E-state index is 0.0482. The topological polar surface area (TPSA) is 93.2 Å². The van der Waals surface area contributed by atoms with E-state index in [1.54, 1.807) is 19.9 Å². The van der Waals surface area contributed by atoms with E-state index in [1.807, 2.05) is 28.7 Å². The van der Waals surface area contributed by atoms with Gasteiger partial charge in [-0.15, -0.1) is 0 Å². The van der Waals surface area contributed by atoms with Gasteiger partial charge in [-0.1, -0.05) is 0 Å². The average Bonchev–Trinajstić information content (AvgIpc) is 2.32. The van der Waals surface area contributed by atoms with Crippen molar-refractivity contribution < 1.29 is 13.2 Å². The zero-order valence-corrected chi connectivity index (χ0v) is 13.7. The van der Waals surface area contributed by atoms with Crippen LogP contribution in [0.2, 0.25) is 0 Å². The van der Waals surface area contributed by atoms with E-state index in [4.69, 9.17) is 15.7 Å². The standard InChI is InChI=1S/C12H15IN2O3S/c1-8(2)19(16,17)4-3-18-12-10(13)5-9(7-14)6-11(12)15/h5-6,8H,3-4,15H2,1-2H3. The summed E-state index contributed by atoms with van der Waals surface area (Å²) in [5.41, 5.74) is 6.56. The molecule has 0 aromatic heterocycles.